The molecular formula is C23H27N3O2S. The number of hydrogen-bond acceptors (Lipinski definition) is 4. The van der Waals surface area contributed by atoms with E-state index in [0.717, 1.165) is 12.8 Å². The number of amides is 1. The minimum Gasteiger partial charge on any atom is -0.353 e. The molecule has 0 saturated heterocycles. The summed E-state index contributed by atoms with van der Waals surface area (Å²) in [5.74, 6) is 0.181. The Bertz CT molecular complexity index is 1030. The van der Waals surface area contributed by atoms with E-state index in [4.69, 9.17) is 0 Å². The molecule has 1 N–H and O–H groups in total. The molecule has 0 aliphatic heterocycles. The third-order valence-corrected chi connectivity index (χ3v) is 5.69. The number of carbonyl (C=O) groups excluding carboxylic acids is 1. The van der Waals surface area contributed by atoms with Crippen LogP contribution in [0.15, 0.2) is 64.5 Å². The predicted octanol–water partition coefficient (Wildman–Crippen LogP) is 4.21. The third-order valence-electron chi connectivity index (χ3n) is 4.74. The summed E-state index contributed by atoms with van der Waals surface area (Å²) in [5, 5.41) is 4.23. The van der Waals surface area contributed by atoms with Crippen molar-refractivity contribution in [3.05, 3.63) is 70.5 Å². The molecule has 5 nitrogen and oxygen atoms in total. The average Bonchev–Trinajstić information content (AvgIpc) is 2.71. The Morgan fingerprint density at radius 1 is 1.07 bits per heavy atom. The molecule has 0 aliphatic rings. The SMILES string of the molecule is CC(C)n1c(SCC(=O)N[C@H](C)CCc2ccccc2)nc2ccccc2c1=O. The van der Waals surface area contributed by atoms with Crippen LogP contribution in [0.1, 0.15) is 38.8 Å². The molecule has 1 amide bonds. The molecule has 0 saturated carbocycles. The van der Waals surface area contributed by atoms with Crippen LogP contribution < -0.4 is 10.9 Å². The Hall–Kier alpha value is -2.60. The van der Waals surface area contributed by atoms with Gasteiger partial charge in [0.15, 0.2) is 5.16 Å². The number of hydrogen-bond donors (Lipinski definition) is 1. The van der Waals surface area contributed by atoms with Crippen molar-refractivity contribution in [3.8, 4) is 0 Å². The number of carbonyl (C=O) groups is 1. The molecule has 0 spiro atoms. The summed E-state index contributed by atoms with van der Waals surface area (Å²) < 4.78 is 1.67. The molecule has 0 unspecified atom stereocenters. The van der Waals surface area contributed by atoms with Crippen LogP contribution in [0.3, 0.4) is 0 Å². The van der Waals surface area contributed by atoms with Gasteiger partial charge in [-0.05, 0) is 51.3 Å². The Morgan fingerprint density at radius 3 is 2.48 bits per heavy atom. The van der Waals surface area contributed by atoms with Gasteiger partial charge in [-0.25, -0.2) is 4.98 Å². The predicted molar refractivity (Wildman–Crippen MR) is 119 cm³/mol. The molecule has 0 bridgehead atoms. The van der Waals surface area contributed by atoms with Crippen molar-refractivity contribution in [3.63, 3.8) is 0 Å². The second kappa shape index (κ2) is 9.74. The molecule has 0 aliphatic carbocycles. The smallest absolute Gasteiger partial charge is 0.262 e. The van der Waals surface area contributed by atoms with E-state index in [9.17, 15) is 9.59 Å². The second-order valence-electron chi connectivity index (χ2n) is 7.46. The van der Waals surface area contributed by atoms with Crippen LogP contribution in [0.2, 0.25) is 0 Å². The van der Waals surface area contributed by atoms with Gasteiger partial charge in [-0.2, -0.15) is 0 Å². The highest BCUT2D eigenvalue weighted by Gasteiger charge is 2.16. The van der Waals surface area contributed by atoms with E-state index in [1.807, 2.05) is 57.2 Å². The lowest BCUT2D eigenvalue weighted by Crippen LogP contribution is -2.34. The number of para-hydroxylation sites is 1. The average molecular weight is 410 g/mol. The van der Waals surface area contributed by atoms with Gasteiger partial charge in [-0.3, -0.25) is 14.2 Å². The highest BCUT2D eigenvalue weighted by molar-refractivity contribution is 7.99. The summed E-state index contributed by atoms with van der Waals surface area (Å²) in [7, 11) is 0. The number of rotatable bonds is 8. The van der Waals surface area contributed by atoms with E-state index in [1.54, 1.807) is 10.6 Å². The lowest BCUT2D eigenvalue weighted by molar-refractivity contribution is -0.119. The van der Waals surface area contributed by atoms with Crippen molar-refractivity contribution in [1.29, 1.82) is 0 Å². The quantitative estimate of drug-likeness (QED) is 0.447. The normalized spacial score (nSPS) is 12.3. The molecule has 3 rings (SSSR count). The summed E-state index contributed by atoms with van der Waals surface area (Å²) in [4.78, 5) is 29.9. The number of aryl methyl sites for hydroxylation is 1. The number of fused-ring (bicyclic) bond motifs is 1. The first-order valence-electron chi connectivity index (χ1n) is 9.93. The van der Waals surface area contributed by atoms with E-state index in [0.29, 0.717) is 16.1 Å². The van der Waals surface area contributed by atoms with E-state index < -0.39 is 0 Å². The highest BCUT2D eigenvalue weighted by atomic mass is 32.2. The summed E-state index contributed by atoms with van der Waals surface area (Å²) >= 11 is 1.31. The summed E-state index contributed by atoms with van der Waals surface area (Å²) in [6.07, 6.45) is 1.81. The van der Waals surface area contributed by atoms with Crippen molar-refractivity contribution in [2.24, 2.45) is 0 Å². The third kappa shape index (κ3) is 5.48. The van der Waals surface area contributed by atoms with Gasteiger partial charge in [0.1, 0.15) is 0 Å². The maximum absolute atomic E-state index is 12.8. The first kappa shape index (κ1) is 21.1. The topological polar surface area (TPSA) is 64.0 Å². The summed E-state index contributed by atoms with van der Waals surface area (Å²) in [6, 6.07) is 17.6. The summed E-state index contributed by atoms with van der Waals surface area (Å²) in [5.41, 5.74) is 1.86. The molecule has 2 aromatic carbocycles. The number of nitrogens with zero attached hydrogens (tertiary/aromatic N) is 2. The van der Waals surface area contributed by atoms with Gasteiger partial charge in [-0.15, -0.1) is 0 Å². The Kier molecular flexibility index (Phi) is 7.09. The Labute approximate surface area is 175 Å². The molecule has 0 radical (unpaired) electrons. The largest absolute Gasteiger partial charge is 0.353 e. The van der Waals surface area contributed by atoms with Crippen molar-refractivity contribution < 1.29 is 4.79 Å². The number of nitrogens with one attached hydrogen (secondary N) is 1. The van der Waals surface area contributed by atoms with Gasteiger partial charge >= 0.3 is 0 Å². The molecule has 1 atom stereocenters. The van der Waals surface area contributed by atoms with Gasteiger partial charge in [0.25, 0.3) is 5.56 Å². The van der Waals surface area contributed by atoms with Crippen LogP contribution >= 0.6 is 11.8 Å². The van der Waals surface area contributed by atoms with Crippen LogP contribution in [-0.4, -0.2) is 27.3 Å². The van der Waals surface area contributed by atoms with Crippen LogP contribution in [0, 0.1) is 0 Å². The van der Waals surface area contributed by atoms with Gasteiger partial charge in [0.2, 0.25) is 5.91 Å². The van der Waals surface area contributed by atoms with Gasteiger partial charge in [0.05, 0.1) is 16.7 Å². The monoisotopic (exact) mass is 409 g/mol. The van der Waals surface area contributed by atoms with E-state index in [1.165, 1.54) is 17.3 Å². The van der Waals surface area contributed by atoms with Crippen LogP contribution in [-0.2, 0) is 11.2 Å². The summed E-state index contributed by atoms with van der Waals surface area (Å²) in [6.45, 7) is 5.92. The maximum Gasteiger partial charge on any atom is 0.262 e. The van der Waals surface area contributed by atoms with Crippen molar-refractivity contribution >= 4 is 28.6 Å². The van der Waals surface area contributed by atoms with E-state index >= 15 is 0 Å². The van der Waals surface area contributed by atoms with Crippen molar-refractivity contribution in [2.45, 2.75) is 50.9 Å². The van der Waals surface area contributed by atoms with Crippen LogP contribution in [0.4, 0.5) is 0 Å². The molecule has 0 fully saturated rings. The maximum atomic E-state index is 12.8. The molecule has 3 aromatic rings. The molecule has 29 heavy (non-hydrogen) atoms. The molecule has 152 valence electrons. The molecular weight excluding hydrogens is 382 g/mol. The fourth-order valence-electron chi connectivity index (χ4n) is 3.23. The van der Waals surface area contributed by atoms with E-state index in [2.05, 4.69) is 22.4 Å². The zero-order chi connectivity index (χ0) is 20.8. The second-order valence-corrected chi connectivity index (χ2v) is 8.40. The van der Waals surface area contributed by atoms with Crippen molar-refractivity contribution in [1.82, 2.24) is 14.9 Å². The van der Waals surface area contributed by atoms with Crippen molar-refractivity contribution in [2.75, 3.05) is 5.75 Å². The van der Waals surface area contributed by atoms with Crippen LogP contribution in [0.5, 0.6) is 0 Å². The molecule has 6 heteroatoms. The zero-order valence-electron chi connectivity index (χ0n) is 17.1. The first-order valence-corrected chi connectivity index (χ1v) is 10.9. The fourth-order valence-corrected chi connectivity index (χ4v) is 4.17. The minimum absolute atomic E-state index is 0.0324. The van der Waals surface area contributed by atoms with Gasteiger partial charge in [-0.1, -0.05) is 54.2 Å². The number of aromatic nitrogens is 2. The zero-order valence-corrected chi connectivity index (χ0v) is 17.9. The first-order chi connectivity index (χ1) is 14.0. The minimum atomic E-state index is -0.0651. The van der Waals surface area contributed by atoms with Gasteiger partial charge in [0, 0.05) is 12.1 Å². The highest BCUT2D eigenvalue weighted by Crippen LogP contribution is 2.20. The standard InChI is InChI=1S/C23H27N3O2S/c1-16(2)26-22(28)19-11-7-8-12-20(19)25-23(26)29-15-21(27)24-17(3)13-14-18-9-5-4-6-10-18/h4-12,16-17H,13-15H2,1-3H3,(H,24,27)/t17-/m1/s1. The molecule has 1 heterocycles. The van der Waals surface area contributed by atoms with Crippen LogP contribution in [0.25, 0.3) is 10.9 Å². The fraction of sp³-hybridized carbons (Fsp3) is 0.348. The Morgan fingerprint density at radius 2 is 1.76 bits per heavy atom. The number of benzene rings is 2. The van der Waals surface area contributed by atoms with E-state index in [-0.39, 0.29) is 29.3 Å². The number of thioether (sulfide) groups is 1. The van der Waals surface area contributed by atoms with Gasteiger partial charge < -0.3 is 5.32 Å². The molecule has 1 aromatic heterocycles. The lowest BCUT2D eigenvalue weighted by atomic mass is 10.1. The lowest BCUT2D eigenvalue weighted by Gasteiger charge is -2.17. The Balaban J connectivity index is 1.63.